The molecule has 1 heterocycles. The van der Waals surface area contributed by atoms with Crippen LogP contribution in [0, 0.1) is 0 Å². The SMILES string of the molecule is CCN(CC(=O)NC1CCNC1)Cc1ccccc1. The summed E-state index contributed by atoms with van der Waals surface area (Å²) in [6, 6.07) is 10.6. The normalized spacial score (nSPS) is 18.7. The first kappa shape index (κ1) is 14.0. The molecular formula is C15H23N3O. The van der Waals surface area contributed by atoms with Gasteiger partial charge in [-0.1, -0.05) is 37.3 Å². The first-order valence-electron chi connectivity index (χ1n) is 7.04. The number of hydrogen-bond acceptors (Lipinski definition) is 3. The molecule has 19 heavy (non-hydrogen) atoms. The number of carbonyl (C=O) groups excluding carboxylic acids is 1. The monoisotopic (exact) mass is 261 g/mol. The summed E-state index contributed by atoms with van der Waals surface area (Å²) in [6.07, 6.45) is 1.04. The van der Waals surface area contributed by atoms with Crippen LogP contribution in [0.5, 0.6) is 0 Å². The fourth-order valence-electron chi connectivity index (χ4n) is 2.38. The van der Waals surface area contributed by atoms with Gasteiger partial charge >= 0.3 is 0 Å². The van der Waals surface area contributed by atoms with Gasteiger partial charge in [0.15, 0.2) is 0 Å². The zero-order valence-corrected chi connectivity index (χ0v) is 11.6. The molecule has 2 rings (SSSR count). The lowest BCUT2D eigenvalue weighted by molar-refractivity contribution is -0.122. The van der Waals surface area contributed by atoms with Crippen LogP contribution in [-0.2, 0) is 11.3 Å². The molecule has 1 aliphatic heterocycles. The van der Waals surface area contributed by atoms with Crippen molar-refractivity contribution < 1.29 is 4.79 Å². The summed E-state index contributed by atoms with van der Waals surface area (Å²) < 4.78 is 0. The van der Waals surface area contributed by atoms with Gasteiger partial charge in [-0.3, -0.25) is 9.69 Å². The Morgan fingerprint density at radius 1 is 1.42 bits per heavy atom. The van der Waals surface area contributed by atoms with Crippen molar-refractivity contribution in [3.63, 3.8) is 0 Å². The Bertz CT molecular complexity index is 388. The minimum atomic E-state index is 0.131. The van der Waals surface area contributed by atoms with E-state index < -0.39 is 0 Å². The second-order valence-electron chi connectivity index (χ2n) is 5.05. The third-order valence-electron chi connectivity index (χ3n) is 3.49. The van der Waals surface area contributed by atoms with E-state index in [0.29, 0.717) is 12.6 Å². The molecule has 0 aliphatic carbocycles. The Morgan fingerprint density at radius 3 is 2.84 bits per heavy atom. The van der Waals surface area contributed by atoms with E-state index in [0.717, 1.165) is 32.6 Å². The van der Waals surface area contributed by atoms with Crippen molar-refractivity contribution >= 4 is 5.91 Å². The molecule has 1 aliphatic rings. The van der Waals surface area contributed by atoms with Crippen LogP contribution < -0.4 is 10.6 Å². The van der Waals surface area contributed by atoms with Crippen molar-refractivity contribution in [3.05, 3.63) is 35.9 Å². The highest BCUT2D eigenvalue weighted by atomic mass is 16.2. The maximum Gasteiger partial charge on any atom is 0.234 e. The Morgan fingerprint density at radius 2 is 2.21 bits per heavy atom. The van der Waals surface area contributed by atoms with Crippen LogP contribution in [-0.4, -0.2) is 43.0 Å². The van der Waals surface area contributed by atoms with Crippen molar-refractivity contribution in [1.29, 1.82) is 0 Å². The lowest BCUT2D eigenvalue weighted by Gasteiger charge is -2.21. The lowest BCUT2D eigenvalue weighted by Crippen LogP contribution is -2.42. The highest BCUT2D eigenvalue weighted by Gasteiger charge is 2.17. The van der Waals surface area contributed by atoms with Crippen molar-refractivity contribution in [2.75, 3.05) is 26.2 Å². The smallest absolute Gasteiger partial charge is 0.234 e. The summed E-state index contributed by atoms with van der Waals surface area (Å²) in [5.74, 6) is 0.131. The van der Waals surface area contributed by atoms with Gasteiger partial charge < -0.3 is 10.6 Å². The van der Waals surface area contributed by atoms with Gasteiger partial charge in [-0.25, -0.2) is 0 Å². The van der Waals surface area contributed by atoms with Gasteiger partial charge in [0.25, 0.3) is 0 Å². The van der Waals surface area contributed by atoms with Crippen molar-refractivity contribution in [2.24, 2.45) is 0 Å². The molecule has 1 fully saturated rings. The van der Waals surface area contributed by atoms with Crippen LogP contribution in [0.25, 0.3) is 0 Å². The Labute approximate surface area is 115 Å². The van der Waals surface area contributed by atoms with E-state index in [-0.39, 0.29) is 5.91 Å². The zero-order chi connectivity index (χ0) is 13.5. The fraction of sp³-hybridized carbons (Fsp3) is 0.533. The third kappa shape index (κ3) is 4.65. The van der Waals surface area contributed by atoms with Gasteiger partial charge in [-0.05, 0) is 25.1 Å². The Balaban J connectivity index is 1.79. The molecule has 1 aromatic carbocycles. The second-order valence-corrected chi connectivity index (χ2v) is 5.05. The number of rotatable bonds is 6. The maximum atomic E-state index is 12.0. The summed E-state index contributed by atoms with van der Waals surface area (Å²) in [5.41, 5.74) is 1.25. The summed E-state index contributed by atoms with van der Waals surface area (Å²) in [4.78, 5) is 14.1. The molecule has 0 bridgehead atoms. The molecule has 2 N–H and O–H groups in total. The summed E-state index contributed by atoms with van der Waals surface area (Å²) >= 11 is 0. The van der Waals surface area contributed by atoms with Crippen LogP contribution in [0.2, 0.25) is 0 Å². The molecule has 4 nitrogen and oxygen atoms in total. The van der Waals surface area contributed by atoms with Gasteiger partial charge in [-0.15, -0.1) is 0 Å². The van der Waals surface area contributed by atoms with Crippen molar-refractivity contribution in [2.45, 2.75) is 25.9 Å². The lowest BCUT2D eigenvalue weighted by atomic mass is 10.2. The summed E-state index contributed by atoms with van der Waals surface area (Å²) in [6.45, 7) is 6.18. The molecule has 1 aromatic rings. The second kappa shape index (κ2) is 7.26. The average molecular weight is 261 g/mol. The molecule has 4 heteroatoms. The number of carbonyl (C=O) groups is 1. The molecule has 104 valence electrons. The molecule has 1 atom stereocenters. The molecule has 1 unspecified atom stereocenters. The van der Waals surface area contributed by atoms with Gasteiger partial charge in [0.1, 0.15) is 0 Å². The maximum absolute atomic E-state index is 12.0. The molecule has 1 saturated heterocycles. The molecule has 0 radical (unpaired) electrons. The van der Waals surface area contributed by atoms with Gasteiger partial charge in [0.2, 0.25) is 5.91 Å². The number of likely N-dealkylation sites (N-methyl/N-ethyl adjacent to an activating group) is 1. The van der Waals surface area contributed by atoms with E-state index >= 15 is 0 Å². The Hall–Kier alpha value is -1.39. The van der Waals surface area contributed by atoms with Gasteiger partial charge in [0.05, 0.1) is 6.54 Å². The third-order valence-corrected chi connectivity index (χ3v) is 3.49. The topological polar surface area (TPSA) is 44.4 Å². The molecule has 0 saturated carbocycles. The standard InChI is InChI=1S/C15H23N3O/c1-2-18(11-13-6-4-3-5-7-13)12-15(19)17-14-8-9-16-10-14/h3-7,14,16H,2,8-12H2,1H3,(H,17,19). The summed E-state index contributed by atoms with van der Waals surface area (Å²) in [5, 5.41) is 6.34. The number of hydrogen-bond donors (Lipinski definition) is 2. The average Bonchev–Trinajstić information content (AvgIpc) is 2.92. The minimum Gasteiger partial charge on any atom is -0.351 e. The largest absolute Gasteiger partial charge is 0.351 e. The molecule has 0 aromatic heterocycles. The van der Waals surface area contributed by atoms with Crippen LogP contribution in [0.15, 0.2) is 30.3 Å². The highest BCUT2D eigenvalue weighted by molar-refractivity contribution is 5.78. The zero-order valence-electron chi connectivity index (χ0n) is 11.6. The van der Waals surface area contributed by atoms with Crippen LogP contribution in [0.1, 0.15) is 18.9 Å². The number of nitrogens with one attached hydrogen (secondary N) is 2. The number of benzene rings is 1. The van der Waals surface area contributed by atoms with E-state index in [4.69, 9.17) is 0 Å². The minimum absolute atomic E-state index is 0.131. The van der Waals surface area contributed by atoms with Crippen molar-refractivity contribution in [3.8, 4) is 0 Å². The van der Waals surface area contributed by atoms with Crippen LogP contribution in [0.3, 0.4) is 0 Å². The summed E-state index contributed by atoms with van der Waals surface area (Å²) in [7, 11) is 0. The first-order valence-corrected chi connectivity index (χ1v) is 7.04. The van der Waals surface area contributed by atoms with Gasteiger partial charge in [0, 0.05) is 19.1 Å². The molecule has 0 spiro atoms. The fourth-order valence-corrected chi connectivity index (χ4v) is 2.38. The van der Waals surface area contributed by atoms with Crippen LogP contribution in [0.4, 0.5) is 0 Å². The predicted molar refractivity (Wildman–Crippen MR) is 76.8 cm³/mol. The highest BCUT2D eigenvalue weighted by Crippen LogP contribution is 2.04. The Kier molecular flexibility index (Phi) is 5.36. The quantitative estimate of drug-likeness (QED) is 0.802. The van der Waals surface area contributed by atoms with E-state index in [9.17, 15) is 4.79 Å². The first-order chi connectivity index (χ1) is 9.28. The van der Waals surface area contributed by atoms with Crippen LogP contribution >= 0.6 is 0 Å². The molecule has 1 amide bonds. The van der Waals surface area contributed by atoms with Gasteiger partial charge in [-0.2, -0.15) is 0 Å². The number of nitrogens with zero attached hydrogens (tertiary/aromatic N) is 1. The van der Waals surface area contributed by atoms with Crippen molar-refractivity contribution in [1.82, 2.24) is 15.5 Å². The predicted octanol–water partition coefficient (Wildman–Crippen LogP) is 0.987. The van der Waals surface area contributed by atoms with E-state index in [2.05, 4.69) is 34.6 Å². The van der Waals surface area contributed by atoms with E-state index in [1.54, 1.807) is 0 Å². The molecular weight excluding hydrogens is 238 g/mol. The van der Waals surface area contributed by atoms with E-state index in [1.807, 2.05) is 18.2 Å². The number of amides is 1. The van der Waals surface area contributed by atoms with E-state index in [1.165, 1.54) is 5.56 Å².